The highest BCUT2D eigenvalue weighted by molar-refractivity contribution is 7.89. The summed E-state index contributed by atoms with van der Waals surface area (Å²) in [6.07, 6.45) is 0. The summed E-state index contributed by atoms with van der Waals surface area (Å²) in [7, 11) is -2.18. The fourth-order valence-corrected chi connectivity index (χ4v) is 3.14. The number of methoxy groups -OCH3 is 1. The van der Waals surface area contributed by atoms with Crippen molar-refractivity contribution in [3.63, 3.8) is 0 Å². The van der Waals surface area contributed by atoms with Gasteiger partial charge in [-0.3, -0.25) is 0 Å². The van der Waals surface area contributed by atoms with Gasteiger partial charge in [-0.25, -0.2) is 13.1 Å². The molecule has 0 aliphatic heterocycles. The summed E-state index contributed by atoms with van der Waals surface area (Å²) in [4.78, 5) is 0.0807. The number of nitrogens with two attached hydrogens (primary N) is 1. The maximum Gasteiger partial charge on any atom is 0.240 e. The van der Waals surface area contributed by atoms with Crippen LogP contribution < -0.4 is 15.2 Å². The summed E-state index contributed by atoms with van der Waals surface area (Å²) in [5.41, 5.74) is 7.01. The molecule has 0 unspecified atom stereocenters. The number of nitrogen functional groups attached to an aromatic ring is 1. The molecule has 7 heteroatoms. The van der Waals surface area contributed by atoms with Crippen molar-refractivity contribution in [1.82, 2.24) is 4.72 Å². The van der Waals surface area contributed by atoms with Crippen molar-refractivity contribution in [3.8, 4) is 5.75 Å². The minimum atomic E-state index is -3.65. The highest BCUT2D eigenvalue weighted by Crippen LogP contribution is 2.26. The SMILES string of the molecule is COc1ccc(S(=O)(=O)NCc2cccc(N)c2)cc1Cl. The van der Waals surface area contributed by atoms with Gasteiger partial charge in [-0.05, 0) is 35.9 Å². The van der Waals surface area contributed by atoms with E-state index in [9.17, 15) is 8.42 Å². The molecular formula is C14H15ClN2O3S. The first-order chi connectivity index (χ1) is 9.92. The summed E-state index contributed by atoms with van der Waals surface area (Å²) in [6.45, 7) is 0.150. The van der Waals surface area contributed by atoms with Crippen LogP contribution in [0.4, 0.5) is 5.69 Å². The van der Waals surface area contributed by atoms with Gasteiger partial charge in [-0.1, -0.05) is 23.7 Å². The highest BCUT2D eigenvalue weighted by atomic mass is 35.5. The average Bonchev–Trinajstić information content (AvgIpc) is 2.45. The molecule has 0 aromatic heterocycles. The van der Waals surface area contributed by atoms with Gasteiger partial charge in [0.1, 0.15) is 5.75 Å². The van der Waals surface area contributed by atoms with Crippen molar-refractivity contribution in [1.29, 1.82) is 0 Å². The van der Waals surface area contributed by atoms with Gasteiger partial charge < -0.3 is 10.5 Å². The predicted octanol–water partition coefficient (Wildman–Crippen LogP) is 2.41. The molecule has 0 atom stereocenters. The van der Waals surface area contributed by atoms with Crippen molar-refractivity contribution in [2.24, 2.45) is 0 Å². The molecule has 0 saturated carbocycles. The van der Waals surface area contributed by atoms with E-state index in [2.05, 4.69) is 4.72 Å². The third kappa shape index (κ3) is 3.87. The van der Waals surface area contributed by atoms with E-state index in [-0.39, 0.29) is 16.5 Å². The Morgan fingerprint density at radius 3 is 2.62 bits per heavy atom. The highest BCUT2D eigenvalue weighted by Gasteiger charge is 2.15. The summed E-state index contributed by atoms with van der Waals surface area (Å²) < 4.78 is 31.9. The predicted molar refractivity (Wildman–Crippen MR) is 82.9 cm³/mol. The fourth-order valence-electron chi connectivity index (χ4n) is 1.78. The van der Waals surface area contributed by atoms with E-state index >= 15 is 0 Å². The largest absolute Gasteiger partial charge is 0.495 e. The molecule has 2 aromatic carbocycles. The van der Waals surface area contributed by atoms with E-state index < -0.39 is 10.0 Å². The molecule has 0 spiro atoms. The van der Waals surface area contributed by atoms with Crippen LogP contribution in [0.2, 0.25) is 5.02 Å². The Hall–Kier alpha value is -1.76. The average molecular weight is 327 g/mol. The van der Waals surface area contributed by atoms with Crippen LogP contribution in [-0.4, -0.2) is 15.5 Å². The van der Waals surface area contributed by atoms with Crippen molar-refractivity contribution in [2.45, 2.75) is 11.4 Å². The zero-order valence-corrected chi connectivity index (χ0v) is 12.9. The van der Waals surface area contributed by atoms with Crippen molar-refractivity contribution >= 4 is 27.3 Å². The minimum absolute atomic E-state index is 0.0807. The first-order valence-corrected chi connectivity index (χ1v) is 7.96. The van der Waals surface area contributed by atoms with Gasteiger partial charge >= 0.3 is 0 Å². The Balaban J connectivity index is 2.17. The zero-order chi connectivity index (χ0) is 15.5. The number of anilines is 1. The number of sulfonamides is 1. The number of halogens is 1. The smallest absolute Gasteiger partial charge is 0.240 e. The van der Waals surface area contributed by atoms with Gasteiger partial charge in [-0.2, -0.15) is 0 Å². The lowest BCUT2D eigenvalue weighted by Crippen LogP contribution is -2.23. The monoisotopic (exact) mass is 326 g/mol. The molecule has 2 rings (SSSR count). The second-order valence-corrected chi connectivity index (χ2v) is 6.54. The summed E-state index contributed by atoms with van der Waals surface area (Å²) in [6, 6.07) is 11.3. The lowest BCUT2D eigenvalue weighted by atomic mass is 10.2. The topological polar surface area (TPSA) is 81.4 Å². The molecule has 0 amide bonds. The van der Waals surface area contributed by atoms with Gasteiger partial charge in [0, 0.05) is 12.2 Å². The standard InChI is InChI=1S/C14H15ClN2O3S/c1-20-14-6-5-12(8-13(14)15)21(18,19)17-9-10-3-2-4-11(16)7-10/h2-8,17H,9,16H2,1H3. The fraction of sp³-hybridized carbons (Fsp3) is 0.143. The van der Waals surface area contributed by atoms with Crippen LogP contribution in [0.15, 0.2) is 47.4 Å². The first kappa shape index (κ1) is 15.6. The normalized spacial score (nSPS) is 11.3. The number of nitrogens with one attached hydrogen (secondary N) is 1. The molecule has 0 bridgehead atoms. The molecule has 21 heavy (non-hydrogen) atoms. The zero-order valence-electron chi connectivity index (χ0n) is 11.3. The molecule has 112 valence electrons. The molecule has 5 nitrogen and oxygen atoms in total. The molecule has 0 saturated heterocycles. The third-order valence-corrected chi connectivity index (χ3v) is 4.55. The quantitative estimate of drug-likeness (QED) is 0.827. The number of ether oxygens (including phenoxy) is 1. The molecular weight excluding hydrogens is 312 g/mol. The van der Waals surface area contributed by atoms with E-state index in [0.29, 0.717) is 11.4 Å². The maximum absolute atomic E-state index is 12.2. The van der Waals surface area contributed by atoms with Crippen molar-refractivity contribution < 1.29 is 13.2 Å². The second-order valence-electron chi connectivity index (χ2n) is 4.37. The van der Waals surface area contributed by atoms with Gasteiger partial charge in [-0.15, -0.1) is 0 Å². The first-order valence-electron chi connectivity index (χ1n) is 6.10. The molecule has 0 radical (unpaired) electrons. The van der Waals surface area contributed by atoms with E-state index in [1.54, 1.807) is 24.3 Å². The summed E-state index contributed by atoms with van der Waals surface area (Å²) in [5, 5.41) is 0.240. The van der Waals surface area contributed by atoms with Crippen molar-refractivity contribution in [3.05, 3.63) is 53.1 Å². The van der Waals surface area contributed by atoms with E-state index in [1.165, 1.54) is 25.3 Å². The molecule has 0 heterocycles. The Morgan fingerprint density at radius 1 is 1.24 bits per heavy atom. The third-order valence-electron chi connectivity index (χ3n) is 2.85. The van der Waals surface area contributed by atoms with Crippen LogP contribution >= 0.6 is 11.6 Å². The Morgan fingerprint density at radius 2 is 2.00 bits per heavy atom. The maximum atomic E-state index is 12.2. The van der Waals surface area contributed by atoms with Crippen LogP contribution in [0.5, 0.6) is 5.75 Å². The van der Waals surface area contributed by atoms with Crippen LogP contribution in [0, 0.1) is 0 Å². The van der Waals surface area contributed by atoms with E-state index in [1.807, 2.05) is 0 Å². The molecule has 3 N–H and O–H groups in total. The van der Waals surface area contributed by atoms with E-state index in [4.69, 9.17) is 22.1 Å². The summed E-state index contributed by atoms with van der Waals surface area (Å²) >= 11 is 5.94. The Bertz CT molecular complexity index is 748. The number of rotatable bonds is 5. The molecule has 2 aromatic rings. The number of benzene rings is 2. The molecule has 0 aliphatic carbocycles. The van der Waals surface area contributed by atoms with Gasteiger partial charge in [0.2, 0.25) is 10.0 Å². The van der Waals surface area contributed by atoms with Crippen LogP contribution in [-0.2, 0) is 16.6 Å². The molecule has 0 aliphatic rings. The van der Waals surface area contributed by atoms with Gasteiger partial charge in [0.15, 0.2) is 0 Å². The van der Waals surface area contributed by atoms with Crippen molar-refractivity contribution in [2.75, 3.05) is 12.8 Å². The lowest BCUT2D eigenvalue weighted by Gasteiger charge is -2.09. The lowest BCUT2D eigenvalue weighted by molar-refractivity contribution is 0.414. The second kappa shape index (κ2) is 6.34. The number of hydrogen-bond acceptors (Lipinski definition) is 4. The van der Waals surface area contributed by atoms with Gasteiger partial charge in [0.05, 0.1) is 17.0 Å². The Labute approximate surface area is 128 Å². The minimum Gasteiger partial charge on any atom is -0.495 e. The van der Waals surface area contributed by atoms with Crippen LogP contribution in [0.3, 0.4) is 0 Å². The van der Waals surface area contributed by atoms with E-state index in [0.717, 1.165) is 5.56 Å². The van der Waals surface area contributed by atoms with Crippen LogP contribution in [0.1, 0.15) is 5.56 Å². The van der Waals surface area contributed by atoms with Gasteiger partial charge in [0.25, 0.3) is 0 Å². The Kier molecular flexibility index (Phi) is 4.72. The summed E-state index contributed by atoms with van der Waals surface area (Å²) in [5.74, 6) is 0.423. The molecule has 0 fully saturated rings. The van der Waals surface area contributed by atoms with Crippen LogP contribution in [0.25, 0.3) is 0 Å². The number of hydrogen-bond donors (Lipinski definition) is 2.